The van der Waals surface area contributed by atoms with Crippen molar-refractivity contribution in [2.75, 3.05) is 46.1 Å². The van der Waals surface area contributed by atoms with Gasteiger partial charge in [-0.1, -0.05) is 31.4 Å². The van der Waals surface area contributed by atoms with Crippen molar-refractivity contribution < 1.29 is 19.0 Å². The van der Waals surface area contributed by atoms with Gasteiger partial charge in [0.1, 0.15) is 12.4 Å². The SMILES string of the molecule is O=C(NCC1(N2CCOCC2)CCCCC1)c1ccccc1OCC1CCCO1. The van der Waals surface area contributed by atoms with Crippen LogP contribution < -0.4 is 10.1 Å². The molecule has 1 aromatic carbocycles. The summed E-state index contributed by atoms with van der Waals surface area (Å²) in [7, 11) is 0. The first-order valence-electron chi connectivity index (χ1n) is 11.2. The summed E-state index contributed by atoms with van der Waals surface area (Å²) in [6, 6.07) is 7.54. The Morgan fingerprint density at radius 2 is 1.90 bits per heavy atom. The van der Waals surface area contributed by atoms with E-state index >= 15 is 0 Å². The third kappa shape index (κ3) is 5.11. The van der Waals surface area contributed by atoms with Crippen LogP contribution in [0.4, 0.5) is 0 Å². The van der Waals surface area contributed by atoms with Crippen molar-refractivity contribution in [3.05, 3.63) is 29.8 Å². The van der Waals surface area contributed by atoms with Crippen LogP contribution in [-0.2, 0) is 9.47 Å². The predicted molar refractivity (Wildman–Crippen MR) is 111 cm³/mol. The highest BCUT2D eigenvalue weighted by atomic mass is 16.5. The van der Waals surface area contributed by atoms with Gasteiger partial charge < -0.3 is 19.5 Å². The van der Waals surface area contributed by atoms with Gasteiger partial charge in [-0.05, 0) is 37.8 Å². The Bertz CT molecular complexity index is 663. The van der Waals surface area contributed by atoms with Crippen LogP contribution in [0.5, 0.6) is 5.75 Å². The molecule has 29 heavy (non-hydrogen) atoms. The molecule has 0 spiro atoms. The molecule has 1 N–H and O–H groups in total. The average molecular weight is 403 g/mol. The topological polar surface area (TPSA) is 60.0 Å². The average Bonchev–Trinajstić information content (AvgIpc) is 3.31. The quantitative estimate of drug-likeness (QED) is 0.760. The Kier molecular flexibility index (Phi) is 7.06. The molecule has 0 radical (unpaired) electrons. The minimum atomic E-state index is -0.0499. The van der Waals surface area contributed by atoms with Gasteiger partial charge in [0.25, 0.3) is 5.91 Å². The summed E-state index contributed by atoms with van der Waals surface area (Å²) in [5, 5.41) is 3.24. The lowest BCUT2D eigenvalue weighted by Gasteiger charge is -2.48. The number of nitrogens with one attached hydrogen (secondary N) is 1. The Morgan fingerprint density at radius 3 is 2.66 bits per heavy atom. The highest BCUT2D eigenvalue weighted by Gasteiger charge is 2.39. The van der Waals surface area contributed by atoms with Crippen molar-refractivity contribution in [3.8, 4) is 5.75 Å². The lowest BCUT2D eigenvalue weighted by Crippen LogP contribution is -2.59. The molecule has 3 fully saturated rings. The zero-order chi connectivity index (χ0) is 19.9. The summed E-state index contributed by atoms with van der Waals surface area (Å²) in [6.07, 6.45) is 8.28. The number of nitrogens with zero attached hydrogens (tertiary/aromatic N) is 1. The number of benzene rings is 1. The van der Waals surface area contributed by atoms with Gasteiger partial charge in [0.15, 0.2) is 0 Å². The van der Waals surface area contributed by atoms with Gasteiger partial charge in [-0.25, -0.2) is 0 Å². The van der Waals surface area contributed by atoms with E-state index in [1.807, 2.05) is 24.3 Å². The Morgan fingerprint density at radius 1 is 1.10 bits per heavy atom. The molecule has 2 saturated heterocycles. The third-order valence-corrected chi connectivity index (χ3v) is 6.62. The van der Waals surface area contributed by atoms with Crippen LogP contribution in [0.2, 0.25) is 0 Å². The number of hydrogen-bond donors (Lipinski definition) is 1. The first kappa shape index (κ1) is 20.6. The summed E-state index contributed by atoms with van der Waals surface area (Å²) in [4.78, 5) is 15.6. The summed E-state index contributed by atoms with van der Waals surface area (Å²) in [5.41, 5.74) is 0.670. The summed E-state index contributed by atoms with van der Waals surface area (Å²) >= 11 is 0. The number of rotatable bonds is 7. The number of carbonyl (C=O) groups is 1. The maximum atomic E-state index is 13.1. The summed E-state index contributed by atoms with van der Waals surface area (Å²) in [5.74, 6) is 0.593. The van der Waals surface area contributed by atoms with E-state index in [4.69, 9.17) is 14.2 Å². The second-order valence-corrected chi connectivity index (χ2v) is 8.51. The maximum Gasteiger partial charge on any atom is 0.255 e. The Balaban J connectivity index is 1.40. The van der Waals surface area contributed by atoms with Gasteiger partial charge in [-0.15, -0.1) is 0 Å². The number of carbonyl (C=O) groups excluding carboxylic acids is 1. The fraction of sp³-hybridized carbons (Fsp3) is 0.696. The standard InChI is InChI=1S/C23H34N2O4/c26-22(20-8-2-3-9-21(20)29-17-19-7-6-14-28-19)24-18-23(10-4-1-5-11-23)25-12-15-27-16-13-25/h2-3,8-9,19H,1,4-7,10-18H2,(H,24,26). The molecule has 2 heterocycles. The van der Waals surface area contributed by atoms with Crippen molar-refractivity contribution in [2.24, 2.45) is 0 Å². The monoisotopic (exact) mass is 402 g/mol. The van der Waals surface area contributed by atoms with E-state index in [-0.39, 0.29) is 17.6 Å². The fourth-order valence-electron chi connectivity index (χ4n) is 4.93. The predicted octanol–water partition coefficient (Wildman–Crippen LogP) is 3.01. The molecular weight excluding hydrogens is 368 g/mol. The number of para-hydroxylation sites is 1. The molecule has 3 aliphatic rings. The van der Waals surface area contributed by atoms with E-state index in [9.17, 15) is 4.79 Å². The molecule has 2 aliphatic heterocycles. The highest BCUT2D eigenvalue weighted by Crippen LogP contribution is 2.34. The molecule has 1 aliphatic carbocycles. The second kappa shape index (κ2) is 9.92. The van der Waals surface area contributed by atoms with Crippen LogP contribution in [0.1, 0.15) is 55.3 Å². The first-order chi connectivity index (χ1) is 14.3. The van der Waals surface area contributed by atoms with Crippen LogP contribution >= 0.6 is 0 Å². The highest BCUT2D eigenvalue weighted by molar-refractivity contribution is 5.96. The molecule has 1 aromatic rings. The molecule has 0 bridgehead atoms. The van der Waals surface area contributed by atoms with E-state index in [1.165, 1.54) is 19.3 Å². The maximum absolute atomic E-state index is 13.1. The number of ether oxygens (including phenoxy) is 3. The number of hydrogen-bond acceptors (Lipinski definition) is 5. The van der Waals surface area contributed by atoms with Crippen LogP contribution in [-0.4, -0.2) is 68.5 Å². The number of morpholine rings is 1. The van der Waals surface area contributed by atoms with E-state index in [1.54, 1.807) is 0 Å². The van der Waals surface area contributed by atoms with Gasteiger partial charge in [-0.2, -0.15) is 0 Å². The zero-order valence-corrected chi connectivity index (χ0v) is 17.4. The van der Waals surface area contributed by atoms with Gasteiger partial charge >= 0.3 is 0 Å². The van der Waals surface area contributed by atoms with Crippen LogP contribution in [0, 0.1) is 0 Å². The molecule has 0 aromatic heterocycles. The van der Waals surface area contributed by atoms with E-state index in [0.29, 0.717) is 24.5 Å². The minimum absolute atomic E-state index is 0.0499. The molecule has 1 saturated carbocycles. The van der Waals surface area contributed by atoms with Crippen LogP contribution in [0.25, 0.3) is 0 Å². The summed E-state index contributed by atoms with van der Waals surface area (Å²) < 4.78 is 17.2. The normalized spacial score (nSPS) is 24.9. The largest absolute Gasteiger partial charge is 0.490 e. The molecule has 1 unspecified atom stereocenters. The van der Waals surface area contributed by atoms with Gasteiger partial charge in [0.2, 0.25) is 0 Å². The molecule has 6 heteroatoms. The van der Waals surface area contributed by atoms with Gasteiger partial charge in [0, 0.05) is 31.8 Å². The fourth-order valence-corrected chi connectivity index (χ4v) is 4.93. The van der Waals surface area contributed by atoms with Crippen molar-refractivity contribution >= 4 is 5.91 Å². The molecule has 4 rings (SSSR count). The molecule has 1 amide bonds. The lowest BCUT2D eigenvalue weighted by molar-refractivity contribution is -0.0361. The molecule has 160 valence electrons. The van der Waals surface area contributed by atoms with Crippen molar-refractivity contribution in [3.63, 3.8) is 0 Å². The number of amides is 1. The van der Waals surface area contributed by atoms with Gasteiger partial charge in [0.05, 0.1) is 24.9 Å². The van der Waals surface area contributed by atoms with E-state index in [2.05, 4.69) is 10.2 Å². The zero-order valence-electron chi connectivity index (χ0n) is 17.4. The van der Waals surface area contributed by atoms with Crippen molar-refractivity contribution in [1.82, 2.24) is 10.2 Å². The first-order valence-corrected chi connectivity index (χ1v) is 11.2. The summed E-state index contributed by atoms with van der Waals surface area (Å²) in [6.45, 7) is 5.48. The lowest BCUT2D eigenvalue weighted by atomic mass is 9.79. The smallest absolute Gasteiger partial charge is 0.255 e. The van der Waals surface area contributed by atoms with Crippen molar-refractivity contribution in [2.45, 2.75) is 56.6 Å². The minimum Gasteiger partial charge on any atom is -0.490 e. The Labute approximate surface area is 173 Å². The van der Waals surface area contributed by atoms with Gasteiger partial charge in [-0.3, -0.25) is 9.69 Å². The van der Waals surface area contributed by atoms with E-state index < -0.39 is 0 Å². The van der Waals surface area contributed by atoms with Crippen LogP contribution in [0.15, 0.2) is 24.3 Å². The molecule has 6 nitrogen and oxygen atoms in total. The third-order valence-electron chi connectivity index (χ3n) is 6.62. The van der Waals surface area contributed by atoms with Crippen molar-refractivity contribution in [1.29, 1.82) is 0 Å². The van der Waals surface area contributed by atoms with E-state index in [0.717, 1.165) is 58.6 Å². The second-order valence-electron chi connectivity index (χ2n) is 8.51. The van der Waals surface area contributed by atoms with Crippen LogP contribution in [0.3, 0.4) is 0 Å². The molecular formula is C23H34N2O4. The molecule has 1 atom stereocenters. The Hall–Kier alpha value is -1.63.